The van der Waals surface area contributed by atoms with Gasteiger partial charge in [0.05, 0.1) is 12.1 Å². The molecule has 1 aromatic carbocycles. The number of benzene rings is 1. The lowest BCUT2D eigenvalue weighted by Gasteiger charge is -2.29. The highest BCUT2D eigenvalue weighted by molar-refractivity contribution is 5.72. The van der Waals surface area contributed by atoms with E-state index >= 15 is 0 Å². The number of piperidine rings is 1. The molecule has 0 radical (unpaired) electrons. The van der Waals surface area contributed by atoms with Crippen LogP contribution in [0.3, 0.4) is 0 Å². The summed E-state index contributed by atoms with van der Waals surface area (Å²) in [6.45, 7) is 2.57. The monoisotopic (exact) mass is 361 g/mol. The minimum absolute atomic E-state index is 0.363. The summed E-state index contributed by atoms with van der Waals surface area (Å²) in [5, 5.41) is 8.31. The molecule has 1 aliphatic heterocycles. The zero-order valence-corrected chi connectivity index (χ0v) is 14.8. The van der Waals surface area contributed by atoms with Crippen LogP contribution in [0.25, 0.3) is 22.6 Å². The fourth-order valence-corrected chi connectivity index (χ4v) is 3.52. The maximum Gasteiger partial charge on any atom is 0.249 e. The molecule has 7 nitrogen and oxygen atoms in total. The van der Waals surface area contributed by atoms with Gasteiger partial charge >= 0.3 is 0 Å². The van der Waals surface area contributed by atoms with Crippen molar-refractivity contribution in [3.05, 3.63) is 60.6 Å². The number of pyridine rings is 1. The van der Waals surface area contributed by atoms with Gasteiger partial charge < -0.3 is 8.83 Å². The highest BCUT2D eigenvalue weighted by Crippen LogP contribution is 2.30. The van der Waals surface area contributed by atoms with E-state index in [4.69, 9.17) is 8.83 Å². The van der Waals surface area contributed by atoms with Crippen LogP contribution in [0.15, 0.2) is 57.6 Å². The molecule has 0 amide bonds. The number of oxazole rings is 1. The zero-order valence-electron chi connectivity index (χ0n) is 14.8. The Morgan fingerprint density at radius 1 is 1.00 bits per heavy atom. The molecule has 0 atom stereocenters. The van der Waals surface area contributed by atoms with Gasteiger partial charge in [-0.2, -0.15) is 0 Å². The quantitative estimate of drug-likeness (QED) is 0.549. The SMILES string of the molecule is c1cncc(-c2nnc(CN3CCC(c4nc5ccccc5o4)CC3)o2)c1. The Bertz CT molecular complexity index is 1000. The Kier molecular flexibility index (Phi) is 4.14. The molecule has 3 aromatic heterocycles. The summed E-state index contributed by atoms with van der Waals surface area (Å²) in [6, 6.07) is 11.7. The molecule has 27 heavy (non-hydrogen) atoms. The number of fused-ring (bicyclic) bond motifs is 1. The largest absolute Gasteiger partial charge is 0.440 e. The van der Waals surface area contributed by atoms with Crippen molar-refractivity contribution in [1.82, 2.24) is 25.1 Å². The van der Waals surface area contributed by atoms with Crippen molar-refractivity contribution in [3.8, 4) is 11.5 Å². The van der Waals surface area contributed by atoms with Crippen LogP contribution >= 0.6 is 0 Å². The molecule has 7 heteroatoms. The number of nitrogens with zero attached hydrogens (tertiary/aromatic N) is 5. The Labute approximate surface area is 156 Å². The molecular weight excluding hydrogens is 342 g/mol. The number of hydrogen-bond donors (Lipinski definition) is 0. The second-order valence-electron chi connectivity index (χ2n) is 6.81. The second-order valence-corrected chi connectivity index (χ2v) is 6.81. The van der Waals surface area contributed by atoms with E-state index in [1.165, 1.54) is 0 Å². The number of rotatable bonds is 4. The lowest BCUT2D eigenvalue weighted by atomic mass is 9.97. The van der Waals surface area contributed by atoms with Crippen molar-refractivity contribution in [2.24, 2.45) is 0 Å². The summed E-state index contributed by atoms with van der Waals surface area (Å²) in [7, 11) is 0. The predicted octanol–water partition coefficient (Wildman–Crippen LogP) is 3.65. The Hall–Kier alpha value is -3.06. The average Bonchev–Trinajstić information content (AvgIpc) is 3.36. The number of para-hydroxylation sites is 2. The Morgan fingerprint density at radius 3 is 2.70 bits per heavy atom. The lowest BCUT2D eigenvalue weighted by Crippen LogP contribution is -2.32. The van der Waals surface area contributed by atoms with E-state index < -0.39 is 0 Å². The maximum absolute atomic E-state index is 5.94. The van der Waals surface area contributed by atoms with E-state index in [2.05, 4.69) is 25.1 Å². The average molecular weight is 361 g/mol. The van der Waals surface area contributed by atoms with Crippen LogP contribution in [0.5, 0.6) is 0 Å². The molecule has 0 aliphatic carbocycles. The van der Waals surface area contributed by atoms with Gasteiger partial charge in [-0.15, -0.1) is 10.2 Å². The van der Waals surface area contributed by atoms with Crippen LogP contribution in [0, 0.1) is 0 Å². The van der Waals surface area contributed by atoms with Crippen LogP contribution in [-0.2, 0) is 6.54 Å². The predicted molar refractivity (Wildman–Crippen MR) is 98.8 cm³/mol. The summed E-state index contributed by atoms with van der Waals surface area (Å²) >= 11 is 0. The van der Waals surface area contributed by atoms with E-state index in [-0.39, 0.29) is 0 Å². The minimum atomic E-state index is 0.363. The van der Waals surface area contributed by atoms with Crippen molar-refractivity contribution in [1.29, 1.82) is 0 Å². The minimum Gasteiger partial charge on any atom is -0.440 e. The standard InChI is InChI=1S/C20H19N5O2/c1-2-6-17-16(5-1)22-19(26-17)14-7-10-25(11-8-14)13-18-23-24-20(27-18)15-4-3-9-21-12-15/h1-6,9,12,14H,7-8,10-11,13H2. The van der Waals surface area contributed by atoms with Gasteiger partial charge in [0, 0.05) is 18.3 Å². The van der Waals surface area contributed by atoms with Crippen molar-refractivity contribution in [3.63, 3.8) is 0 Å². The first-order chi connectivity index (χ1) is 13.3. The molecule has 0 spiro atoms. The van der Waals surface area contributed by atoms with Gasteiger partial charge in [-0.25, -0.2) is 4.98 Å². The van der Waals surface area contributed by atoms with Crippen molar-refractivity contribution >= 4 is 11.1 Å². The van der Waals surface area contributed by atoms with E-state index in [9.17, 15) is 0 Å². The molecule has 4 aromatic rings. The van der Waals surface area contributed by atoms with E-state index in [0.29, 0.717) is 24.2 Å². The third-order valence-electron chi connectivity index (χ3n) is 4.98. The van der Waals surface area contributed by atoms with Gasteiger partial charge in [0.25, 0.3) is 0 Å². The fourth-order valence-electron chi connectivity index (χ4n) is 3.52. The van der Waals surface area contributed by atoms with Gasteiger partial charge in [0.2, 0.25) is 11.8 Å². The molecule has 5 rings (SSSR count). The molecule has 0 saturated carbocycles. The molecule has 0 bridgehead atoms. The van der Waals surface area contributed by atoms with Gasteiger partial charge in [0.1, 0.15) is 5.52 Å². The van der Waals surface area contributed by atoms with Crippen LogP contribution < -0.4 is 0 Å². The van der Waals surface area contributed by atoms with Crippen LogP contribution in [0.4, 0.5) is 0 Å². The topological polar surface area (TPSA) is 81.1 Å². The van der Waals surface area contributed by atoms with Crippen LogP contribution in [-0.4, -0.2) is 38.2 Å². The Balaban J connectivity index is 1.21. The molecular formula is C20H19N5O2. The molecule has 4 heterocycles. The molecule has 1 saturated heterocycles. The first-order valence-corrected chi connectivity index (χ1v) is 9.16. The summed E-state index contributed by atoms with van der Waals surface area (Å²) in [4.78, 5) is 11.1. The molecule has 0 unspecified atom stereocenters. The van der Waals surface area contributed by atoms with Crippen molar-refractivity contribution < 1.29 is 8.83 Å². The first kappa shape index (κ1) is 16.1. The summed E-state index contributed by atoms with van der Waals surface area (Å²) < 4.78 is 11.7. The zero-order chi connectivity index (χ0) is 18.1. The number of likely N-dealkylation sites (tertiary alicyclic amines) is 1. The van der Waals surface area contributed by atoms with Gasteiger partial charge in [-0.1, -0.05) is 12.1 Å². The third-order valence-corrected chi connectivity index (χ3v) is 4.98. The van der Waals surface area contributed by atoms with E-state index in [0.717, 1.165) is 48.5 Å². The molecule has 0 N–H and O–H groups in total. The van der Waals surface area contributed by atoms with E-state index in [1.54, 1.807) is 12.4 Å². The number of aromatic nitrogens is 4. The normalized spacial score (nSPS) is 16.1. The van der Waals surface area contributed by atoms with Crippen LogP contribution in [0.2, 0.25) is 0 Å². The molecule has 1 fully saturated rings. The Morgan fingerprint density at radius 2 is 1.89 bits per heavy atom. The van der Waals surface area contributed by atoms with Crippen molar-refractivity contribution in [2.75, 3.05) is 13.1 Å². The molecule has 1 aliphatic rings. The smallest absolute Gasteiger partial charge is 0.249 e. The van der Waals surface area contributed by atoms with Crippen LogP contribution in [0.1, 0.15) is 30.5 Å². The highest BCUT2D eigenvalue weighted by atomic mass is 16.4. The highest BCUT2D eigenvalue weighted by Gasteiger charge is 2.25. The maximum atomic E-state index is 5.94. The second kappa shape index (κ2) is 6.92. The molecule has 136 valence electrons. The van der Waals surface area contributed by atoms with Gasteiger partial charge in [-0.05, 0) is 50.2 Å². The first-order valence-electron chi connectivity index (χ1n) is 9.16. The summed E-state index contributed by atoms with van der Waals surface area (Å²) in [6.07, 6.45) is 5.47. The van der Waals surface area contributed by atoms with Gasteiger partial charge in [0.15, 0.2) is 11.5 Å². The van der Waals surface area contributed by atoms with Gasteiger partial charge in [-0.3, -0.25) is 9.88 Å². The third kappa shape index (κ3) is 3.33. The fraction of sp³-hybridized carbons (Fsp3) is 0.300. The lowest BCUT2D eigenvalue weighted by molar-refractivity contribution is 0.179. The summed E-state index contributed by atoms with van der Waals surface area (Å²) in [5.41, 5.74) is 2.64. The van der Waals surface area contributed by atoms with E-state index in [1.807, 2.05) is 36.4 Å². The van der Waals surface area contributed by atoms with Crippen molar-refractivity contribution in [2.45, 2.75) is 25.3 Å². The number of hydrogen-bond acceptors (Lipinski definition) is 7. The summed E-state index contributed by atoms with van der Waals surface area (Å²) in [5.74, 6) is 2.36.